The molecule has 3 aliphatic heterocycles. The smallest absolute Gasteiger partial charge is 0.261 e. The first-order chi connectivity index (χ1) is 47.2. The van der Waals surface area contributed by atoms with Crippen molar-refractivity contribution in [3.8, 4) is 0 Å². The lowest BCUT2D eigenvalue weighted by Gasteiger charge is -2.39. The van der Waals surface area contributed by atoms with Gasteiger partial charge < -0.3 is 75.6 Å². The van der Waals surface area contributed by atoms with Gasteiger partial charge in [-0.05, 0) is 93.8 Å². The van der Waals surface area contributed by atoms with E-state index >= 15 is 28.8 Å². The number of aliphatic hydroxyl groups excluding tert-OH is 1. The number of halogens is 2. The van der Waals surface area contributed by atoms with Gasteiger partial charge in [0.05, 0.1) is 45.4 Å². The summed E-state index contributed by atoms with van der Waals surface area (Å²) in [5.74, 6) is -13.9. The molecule has 6 N–H and O–H groups in total. The molecule has 1 aliphatic carbocycles. The fourth-order valence-electron chi connectivity index (χ4n) is 13.9. The predicted molar refractivity (Wildman–Crippen MR) is 378 cm³/mol. The maximum Gasteiger partial charge on any atom is 0.261 e. The van der Waals surface area contributed by atoms with Crippen LogP contribution in [0.5, 0.6) is 0 Å². The molecule has 0 aromatic carbocycles. The van der Waals surface area contributed by atoms with Crippen molar-refractivity contribution in [3.05, 3.63) is 0 Å². The molecule has 12 amide bonds. The van der Waals surface area contributed by atoms with Crippen LogP contribution in [0.15, 0.2) is 0 Å². The standard InChI is InChI=1S/C72H125F2N13O14/c1-19-20-29-87-39-59(91)81(14)56(35-49-27-23-21-24-28-49)69(98)83(16)55(34-45(6)7)64(93)78-60(46(8)9)70(99)84(17)53(32-43(2)3)63(92)76-51(68(97)86-30-25-22-26-31-86)36-57(89)80(13)38-58(90)85(18)62(47(10)11)66(95)77-52(41-101-40-50-37-72(73,74)42-75-50)67(96)82(15)54(33-44(4)5)65(94)79-61(48(12)88)71(87)100/h43-56,60-62,75,88H,19-42H2,1-18H3,(H,76,92)(H,77,95)(H,78,93)(H,79,94)/t48-,50+,51+,52+,53+,54+,55+,56+,60+,61+,62+/m1/s1. The van der Waals surface area contributed by atoms with Gasteiger partial charge in [-0.1, -0.05) is 115 Å². The molecule has 3 saturated heterocycles. The highest BCUT2D eigenvalue weighted by atomic mass is 19.3. The summed E-state index contributed by atoms with van der Waals surface area (Å²) in [6.45, 7) is 18.8. The van der Waals surface area contributed by atoms with Crippen molar-refractivity contribution in [3.63, 3.8) is 0 Å². The van der Waals surface area contributed by atoms with Crippen molar-refractivity contribution in [2.45, 2.75) is 258 Å². The SMILES string of the molecule is CCCCN1CC(=O)N(C)[C@@H](CC2CCCCC2)C(=O)N(C)[C@@H](CC(C)C)C(=O)N[C@@H](C(C)C)C(=O)N(C)[C@@H](CC(C)C)C(=O)N[C@H](C(=O)N2CCCCC2)CC(=O)N(C)CC(=O)N(C)[C@@H](C(C)C)C(=O)N[C@@H](COC[C@@H]2CC(F)(F)CN2)C(=O)N(C)[C@@H](CC(C)C)C(=O)N[C@@H]([C@@H](C)O)C1=O. The van der Waals surface area contributed by atoms with Crippen LogP contribution in [0.4, 0.5) is 8.78 Å². The molecule has 0 aromatic heterocycles. The Labute approximate surface area is 599 Å². The Kier molecular flexibility index (Phi) is 34.7. The van der Waals surface area contributed by atoms with E-state index in [-0.39, 0.29) is 62.5 Å². The Morgan fingerprint density at radius 2 is 1.06 bits per heavy atom. The Balaban J connectivity index is 1.94. The highest BCUT2D eigenvalue weighted by molar-refractivity contribution is 6.00. The van der Waals surface area contributed by atoms with E-state index in [9.17, 15) is 42.7 Å². The molecule has 101 heavy (non-hydrogen) atoms. The summed E-state index contributed by atoms with van der Waals surface area (Å²) in [6, 6.07) is -13.3. The van der Waals surface area contributed by atoms with Crippen molar-refractivity contribution < 1.29 is 76.2 Å². The fourth-order valence-corrected chi connectivity index (χ4v) is 13.9. The number of piperidine rings is 1. The summed E-state index contributed by atoms with van der Waals surface area (Å²) >= 11 is 0. The number of likely N-dealkylation sites (N-methyl/N-ethyl adjacent to an activating group) is 6. The molecule has 27 nitrogen and oxygen atoms in total. The normalized spacial score (nSPS) is 27.5. The molecule has 576 valence electrons. The molecular weight excluding hydrogens is 1310 g/mol. The monoisotopic (exact) mass is 1430 g/mol. The number of rotatable bonds is 19. The number of hydrogen-bond donors (Lipinski definition) is 6. The second-order valence-electron chi connectivity index (χ2n) is 30.9. The molecule has 3 heterocycles. The zero-order valence-corrected chi connectivity index (χ0v) is 63.9. The third-order valence-corrected chi connectivity index (χ3v) is 20.1. The molecule has 4 aliphatic rings. The minimum absolute atomic E-state index is 0.00367. The molecule has 4 fully saturated rings. The number of carbonyl (C=O) groups is 12. The molecule has 0 unspecified atom stereocenters. The molecule has 0 bridgehead atoms. The topological polar surface area (TPSA) is 320 Å². The van der Waals surface area contributed by atoms with E-state index in [0.29, 0.717) is 38.8 Å². The first kappa shape index (κ1) is 86.8. The van der Waals surface area contributed by atoms with Crippen molar-refractivity contribution in [2.24, 2.45) is 35.5 Å². The lowest BCUT2D eigenvalue weighted by molar-refractivity contribution is -0.152. The van der Waals surface area contributed by atoms with E-state index in [1.165, 1.54) is 68.8 Å². The number of aliphatic hydroxyl groups is 1. The number of nitrogens with zero attached hydrogens (tertiary/aromatic N) is 8. The Morgan fingerprint density at radius 1 is 0.554 bits per heavy atom. The van der Waals surface area contributed by atoms with Gasteiger partial charge in [0, 0.05) is 74.4 Å². The molecule has 11 atom stereocenters. The number of amides is 12. The minimum atomic E-state index is -3.03. The quantitative estimate of drug-likeness (QED) is 0.108. The zero-order chi connectivity index (χ0) is 76.1. The van der Waals surface area contributed by atoms with Gasteiger partial charge in [0.15, 0.2) is 0 Å². The second-order valence-corrected chi connectivity index (χ2v) is 30.9. The maximum absolute atomic E-state index is 15.5. The van der Waals surface area contributed by atoms with Crippen molar-refractivity contribution in [2.75, 3.05) is 94.8 Å². The van der Waals surface area contributed by atoms with Crippen LogP contribution in [0.2, 0.25) is 0 Å². The Hall–Kier alpha value is -6.62. The van der Waals surface area contributed by atoms with E-state index < -0.39 is 194 Å². The first-order valence-electron chi connectivity index (χ1n) is 36.9. The third kappa shape index (κ3) is 25.6. The molecule has 1 saturated carbocycles. The van der Waals surface area contributed by atoms with E-state index in [0.717, 1.165) is 53.2 Å². The van der Waals surface area contributed by atoms with Crippen LogP contribution in [0, 0.1) is 35.5 Å². The van der Waals surface area contributed by atoms with Crippen LogP contribution in [0.3, 0.4) is 0 Å². The van der Waals surface area contributed by atoms with E-state index in [1.54, 1.807) is 46.4 Å². The number of likely N-dealkylation sites (tertiary alicyclic amines) is 1. The van der Waals surface area contributed by atoms with Crippen LogP contribution in [0.25, 0.3) is 0 Å². The fraction of sp³-hybridized carbons (Fsp3) is 0.833. The van der Waals surface area contributed by atoms with Gasteiger partial charge in [-0.15, -0.1) is 0 Å². The van der Waals surface area contributed by atoms with Crippen molar-refractivity contribution >= 4 is 70.9 Å². The largest absolute Gasteiger partial charge is 0.391 e. The molecule has 0 spiro atoms. The van der Waals surface area contributed by atoms with Gasteiger partial charge in [-0.2, -0.15) is 0 Å². The molecule has 29 heteroatoms. The van der Waals surface area contributed by atoms with Gasteiger partial charge in [-0.25, -0.2) is 8.78 Å². The number of ether oxygens (including phenoxy) is 1. The van der Waals surface area contributed by atoms with Gasteiger partial charge in [0.1, 0.15) is 54.4 Å². The summed E-state index contributed by atoms with van der Waals surface area (Å²) in [7, 11) is 8.32. The van der Waals surface area contributed by atoms with Crippen LogP contribution >= 0.6 is 0 Å². The van der Waals surface area contributed by atoms with Crippen molar-refractivity contribution in [1.29, 1.82) is 0 Å². The molecular formula is C72H125F2N13O14. The summed E-state index contributed by atoms with van der Waals surface area (Å²) < 4.78 is 34.7. The maximum atomic E-state index is 15.5. The summed E-state index contributed by atoms with van der Waals surface area (Å²) in [4.78, 5) is 189. The van der Waals surface area contributed by atoms with Crippen LogP contribution in [-0.2, 0) is 62.3 Å². The second kappa shape index (κ2) is 40.4. The highest BCUT2D eigenvalue weighted by Crippen LogP contribution is 2.31. The van der Waals surface area contributed by atoms with Crippen LogP contribution < -0.4 is 26.6 Å². The predicted octanol–water partition coefficient (Wildman–Crippen LogP) is 3.38. The number of alkyl halides is 2. The average Bonchev–Trinajstić information content (AvgIpc) is 1.43. The van der Waals surface area contributed by atoms with E-state index in [2.05, 4.69) is 26.6 Å². The van der Waals surface area contributed by atoms with Gasteiger partial charge in [-0.3, -0.25) is 57.5 Å². The van der Waals surface area contributed by atoms with Gasteiger partial charge in [0.25, 0.3) is 5.92 Å². The lowest BCUT2D eigenvalue weighted by Crippen LogP contribution is -2.62. The van der Waals surface area contributed by atoms with Gasteiger partial charge in [0.2, 0.25) is 70.9 Å². The number of carbonyl (C=O) groups excluding carboxylic acids is 12. The average molecular weight is 1430 g/mol. The Bertz CT molecular complexity index is 2800. The lowest BCUT2D eigenvalue weighted by atomic mass is 9.84. The van der Waals surface area contributed by atoms with E-state index in [4.69, 9.17) is 4.74 Å². The van der Waals surface area contributed by atoms with Gasteiger partial charge >= 0.3 is 0 Å². The number of unbranched alkanes of at least 4 members (excludes halogenated alkanes) is 1. The third-order valence-electron chi connectivity index (χ3n) is 20.1. The Morgan fingerprint density at radius 3 is 1.55 bits per heavy atom. The summed E-state index contributed by atoms with van der Waals surface area (Å²) in [5.41, 5.74) is 0. The number of nitrogens with one attached hydrogen (secondary N) is 5. The van der Waals surface area contributed by atoms with Crippen LogP contribution in [-0.4, -0.2) is 282 Å². The van der Waals surface area contributed by atoms with E-state index in [1.807, 2.05) is 34.6 Å². The summed E-state index contributed by atoms with van der Waals surface area (Å²) in [5, 5.41) is 25.3. The molecule has 0 aromatic rings. The first-order valence-corrected chi connectivity index (χ1v) is 36.9. The minimum Gasteiger partial charge on any atom is -0.391 e. The van der Waals surface area contributed by atoms with Crippen molar-refractivity contribution in [1.82, 2.24) is 65.8 Å². The zero-order valence-electron chi connectivity index (χ0n) is 63.9. The number of hydrogen-bond acceptors (Lipinski definition) is 15. The molecule has 4 rings (SSSR count). The molecule has 0 radical (unpaired) electrons. The van der Waals surface area contributed by atoms with Crippen LogP contribution in [0.1, 0.15) is 186 Å². The highest BCUT2D eigenvalue weighted by Gasteiger charge is 2.45. The summed E-state index contributed by atoms with van der Waals surface area (Å²) in [6.07, 6.45) is 5.07.